The van der Waals surface area contributed by atoms with Gasteiger partial charge in [0.15, 0.2) is 17.6 Å². The van der Waals surface area contributed by atoms with Crippen molar-refractivity contribution in [2.24, 2.45) is 0 Å². The van der Waals surface area contributed by atoms with Crippen molar-refractivity contribution in [2.45, 2.75) is 53.7 Å². The fourth-order valence-electron chi connectivity index (χ4n) is 3.75. The van der Waals surface area contributed by atoms with Crippen LogP contribution in [0.3, 0.4) is 0 Å². The molecule has 0 saturated carbocycles. The average molecular weight is 423 g/mol. The van der Waals surface area contributed by atoms with Crippen molar-refractivity contribution in [2.75, 3.05) is 0 Å². The largest absolute Gasteiger partial charge is 0.449 e. The van der Waals surface area contributed by atoms with Crippen LogP contribution in [0.4, 0.5) is 0 Å². The number of nitrogens with zero attached hydrogens (tertiary/aromatic N) is 2. The lowest BCUT2D eigenvalue weighted by atomic mass is 10.0. The molecule has 31 heavy (non-hydrogen) atoms. The Morgan fingerprint density at radius 1 is 1.16 bits per heavy atom. The third-order valence-electron chi connectivity index (χ3n) is 5.19. The standard InChI is InChI=1S/C23H25N3O5/c1-6-11-26-22(29)17-10-8-7-9-16(17)20(25-26)23(30)31-15(5)21(28)19-12(2)18(14(4)27)13(3)24-19/h7-10,15,24H,6,11H2,1-5H3/t15-/m0/s1. The Morgan fingerprint density at radius 3 is 2.39 bits per heavy atom. The number of fused-ring (bicyclic) bond motifs is 1. The predicted molar refractivity (Wildman–Crippen MR) is 116 cm³/mol. The summed E-state index contributed by atoms with van der Waals surface area (Å²) in [4.78, 5) is 53.2. The van der Waals surface area contributed by atoms with Gasteiger partial charge in [-0.2, -0.15) is 5.10 Å². The van der Waals surface area contributed by atoms with Crippen molar-refractivity contribution < 1.29 is 19.1 Å². The molecule has 0 saturated heterocycles. The Morgan fingerprint density at radius 2 is 1.81 bits per heavy atom. The molecule has 0 fully saturated rings. The van der Waals surface area contributed by atoms with Crippen LogP contribution in [0.25, 0.3) is 10.8 Å². The molecule has 2 heterocycles. The molecule has 1 atom stereocenters. The van der Waals surface area contributed by atoms with Gasteiger partial charge in [-0.15, -0.1) is 0 Å². The van der Waals surface area contributed by atoms with E-state index in [-0.39, 0.29) is 22.7 Å². The maximum Gasteiger partial charge on any atom is 0.360 e. The van der Waals surface area contributed by atoms with Crippen molar-refractivity contribution in [1.82, 2.24) is 14.8 Å². The Labute approximate surface area is 179 Å². The topological polar surface area (TPSA) is 111 Å². The highest BCUT2D eigenvalue weighted by Crippen LogP contribution is 2.21. The molecular weight excluding hydrogens is 398 g/mol. The van der Waals surface area contributed by atoms with Gasteiger partial charge in [0.2, 0.25) is 5.78 Å². The number of carbonyl (C=O) groups excluding carboxylic acids is 3. The smallest absolute Gasteiger partial charge is 0.360 e. The minimum Gasteiger partial charge on any atom is -0.449 e. The lowest BCUT2D eigenvalue weighted by Gasteiger charge is -2.14. The number of Topliss-reactive ketones (excluding diaryl/α,β-unsaturated/α-hetero) is 2. The molecule has 0 unspecified atom stereocenters. The lowest BCUT2D eigenvalue weighted by Crippen LogP contribution is -2.29. The van der Waals surface area contributed by atoms with Gasteiger partial charge in [-0.25, -0.2) is 9.48 Å². The summed E-state index contributed by atoms with van der Waals surface area (Å²) in [6.45, 7) is 8.55. The zero-order valence-corrected chi connectivity index (χ0v) is 18.2. The Hall–Kier alpha value is -3.55. The number of rotatable bonds is 7. The molecule has 3 aromatic rings. The molecule has 0 amide bonds. The van der Waals surface area contributed by atoms with Gasteiger partial charge in [0.25, 0.3) is 5.56 Å². The molecular formula is C23H25N3O5. The second-order valence-electron chi connectivity index (χ2n) is 7.52. The minimum atomic E-state index is -1.11. The summed E-state index contributed by atoms with van der Waals surface area (Å²) in [6.07, 6.45) is -0.449. The first-order chi connectivity index (χ1) is 14.7. The van der Waals surface area contributed by atoms with E-state index in [0.717, 1.165) is 0 Å². The first-order valence-corrected chi connectivity index (χ1v) is 10.1. The van der Waals surface area contributed by atoms with Crippen LogP contribution in [0, 0.1) is 13.8 Å². The SMILES string of the molecule is CCCn1nc(C(=O)O[C@@H](C)C(=O)c2[nH]c(C)c(C(C)=O)c2C)c2ccccc2c1=O. The van der Waals surface area contributed by atoms with Crippen molar-refractivity contribution in [3.05, 3.63) is 62.8 Å². The monoisotopic (exact) mass is 423 g/mol. The molecule has 0 bridgehead atoms. The number of nitrogens with one attached hydrogen (secondary N) is 1. The van der Waals surface area contributed by atoms with Crippen molar-refractivity contribution in [3.63, 3.8) is 0 Å². The van der Waals surface area contributed by atoms with Gasteiger partial charge in [0, 0.05) is 23.2 Å². The minimum absolute atomic E-state index is 0.0212. The summed E-state index contributed by atoms with van der Waals surface area (Å²) < 4.78 is 6.67. The zero-order valence-electron chi connectivity index (χ0n) is 18.2. The predicted octanol–water partition coefficient (Wildman–Crippen LogP) is 3.38. The van der Waals surface area contributed by atoms with E-state index >= 15 is 0 Å². The summed E-state index contributed by atoms with van der Waals surface area (Å²) in [5, 5.41) is 4.93. The van der Waals surface area contributed by atoms with Crippen LogP contribution in [0.15, 0.2) is 29.1 Å². The third-order valence-corrected chi connectivity index (χ3v) is 5.19. The van der Waals surface area contributed by atoms with E-state index in [4.69, 9.17) is 4.74 Å². The number of H-pyrrole nitrogens is 1. The Balaban J connectivity index is 1.95. The van der Waals surface area contributed by atoms with Gasteiger partial charge in [0.05, 0.1) is 11.1 Å². The van der Waals surface area contributed by atoms with Crippen LogP contribution < -0.4 is 5.56 Å². The van der Waals surface area contributed by atoms with Crippen molar-refractivity contribution in [1.29, 1.82) is 0 Å². The summed E-state index contributed by atoms with van der Waals surface area (Å²) in [5.41, 5.74) is 1.50. The highest BCUT2D eigenvalue weighted by Gasteiger charge is 2.28. The molecule has 8 heteroatoms. The third kappa shape index (κ3) is 4.05. The average Bonchev–Trinajstić information content (AvgIpc) is 3.03. The van der Waals surface area contributed by atoms with E-state index in [1.54, 1.807) is 38.1 Å². The van der Waals surface area contributed by atoms with Crippen LogP contribution >= 0.6 is 0 Å². The molecule has 2 aromatic heterocycles. The molecule has 1 aromatic carbocycles. The van der Waals surface area contributed by atoms with Crippen LogP contribution in [0.5, 0.6) is 0 Å². The maximum atomic E-state index is 12.9. The van der Waals surface area contributed by atoms with Gasteiger partial charge < -0.3 is 9.72 Å². The molecule has 0 aliphatic rings. The quantitative estimate of drug-likeness (QED) is 0.461. The van der Waals surface area contributed by atoms with Crippen LogP contribution in [0.2, 0.25) is 0 Å². The second kappa shape index (κ2) is 8.67. The molecule has 3 rings (SSSR count). The van der Waals surface area contributed by atoms with E-state index < -0.39 is 17.9 Å². The zero-order chi connectivity index (χ0) is 22.9. The highest BCUT2D eigenvalue weighted by atomic mass is 16.5. The van der Waals surface area contributed by atoms with Crippen molar-refractivity contribution in [3.8, 4) is 0 Å². The van der Waals surface area contributed by atoms with Gasteiger partial charge in [-0.1, -0.05) is 25.1 Å². The number of hydrogen-bond donors (Lipinski definition) is 1. The normalized spacial score (nSPS) is 12.0. The van der Waals surface area contributed by atoms with Crippen LogP contribution in [-0.4, -0.2) is 38.4 Å². The van der Waals surface area contributed by atoms with E-state index in [2.05, 4.69) is 10.1 Å². The highest BCUT2D eigenvalue weighted by molar-refractivity contribution is 6.07. The number of carbonyl (C=O) groups is 3. The number of benzene rings is 1. The molecule has 8 nitrogen and oxygen atoms in total. The second-order valence-corrected chi connectivity index (χ2v) is 7.52. The number of hydrogen-bond acceptors (Lipinski definition) is 6. The van der Waals surface area contributed by atoms with E-state index in [0.29, 0.717) is 40.6 Å². The molecule has 0 aliphatic heterocycles. The number of aromatic nitrogens is 3. The van der Waals surface area contributed by atoms with Gasteiger partial charge in [-0.3, -0.25) is 14.4 Å². The van der Waals surface area contributed by atoms with Crippen LogP contribution in [0.1, 0.15) is 69.8 Å². The van der Waals surface area contributed by atoms with E-state index in [9.17, 15) is 19.2 Å². The Bertz CT molecular complexity index is 1250. The van der Waals surface area contributed by atoms with E-state index in [1.807, 2.05) is 6.92 Å². The summed E-state index contributed by atoms with van der Waals surface area (Å²) in [6, 6.07) is 6.67. The number of ether oxygens (including phenoxy) is 1. The van der Waals surface area contributed by atoms with Crippen LogP contribution in [-0.2, 0) is 11.3 Å². The number of ketones is 2. The summed E-state index contributed by atoms with van der Waals surface area (Å²) in [5.74, 6) is -1.40. The molecule has 0 spiro atoms. The molecule has 0 radical (unpaired) electrons. The maximum absolute atomic E-state index is 12.9. The molecule has 1 N–H and O–H groups in total. The van der Waals surface area contributed by atoms with Crippen molar-refractivity contribution >= 4 is 28.3 Å². The number of esters is 1. The summed E-state index contributed by atoms with van der Waals surface area (Å²) in [7, 11) is 0. The number of aromatic amines is 1. The fraction of sp³-hybridized carbons (Fsp3) is 0.348. The first-order valence-electron chi connectivity index (χ1n) is 10.1. The van der Waals surface area contributed by atoms with Gasteiger partial charge in [-0.05, 0) is 45.7 Å². The first kappa shape index (κ1) is 22.1. The lowest BCUT2D eigenvalue weighted by molar-refractivity contribution is 0.0311. The molecule has 162 valence electrons. The van der Waals surface area contributed by atoms with Gasteiger partial charge >= 0.3 is 5.97 Å². The summed E-state index contributed by atoms with van der Waals surface area (Å²) >= 11 is 0. The fourth-order valence-corrected chi connectivity index (χ4v) is 3.75. The van der Waals surface area contributed by atoms with E-state index in [1.165, 1.54) is 18.5 Å². The number of aryl methyl sites for hydroxylation is 2. The Kier molecular flexibility index (Phi) is 6.19. The molecule has 0 aliphatic carbocycles. The van der Waals surface area contributed by atoms with Gasteiger partial charge in [0.1, 0.15) is 0 Å².